The van der Waals surface area contributed by atoms with Crippen molar-refractivity contribution < 1.29 is 17.9 Å². The summed E-state index contributed by atoms with van der Waals surface area (Å²) in [6.07, 6.45) is -4.61. The number of pyridine rings is 1. The van der Waals surface area contributed by atoms with Crippen LogP contribution in [0.4, 0.5) is 18.9 Å². The molecule has 3 rings (SSSR count). The first-order valence-corrected chi connectivity index (χ1v) is 5.61. The van der Waals surface area contributed by atoms with Crippen LogP contribution >= 0.6 is 0 Å². The first-order chi connectivity index (χ1) is 8.97. The maximum atomic E-state index is 13.0. The highest BCUT2D eigenvalue weighted by Crippen LogP contribution is 2.41. The number of alkyl halides is 3. The van der Waals surface area contributed by atoms with Crippen molar-refractivity contribution in [3.05, 3.63) is 34.1 Å². The van der Waals surface area contributed by atoms with E-state index in [0.29, 0.717) is 18.3 Å². The van der Waals surface area contributed by atoms with E-state index in [1.165, 1.54) is 6.07 Å². The Morgan fingerprint density at radius 2 is 2.05 bits per heavy atom. The summed E-state index contributed by atoms with van der Waals surface area (Å²) >= 11 is 0. The number of benzene rings is 1. The molecule has 1 aromatic heterocycles. The maximum Gasteiger partial charge on any atom is 0.417 e. The predicted octanol–water partition coefficient (Wildman–Crippen LogP) is 2.35. The number of halogens is 3. The fourth-order valence-electron chi connectivity index (χ4n) is 2.18. The summed E-state index contributed by atoms with van der Waals surface area (Å²) in [6.45, 7) is 0.811. The van der Waals surface area contributed by atoms with Crippen molar-refractivity contribution in [2.24, 2.45) is 0 Å². The van der Waals surface area contributed by atoms with Gasteiger partial charge in [-0.2, -0.15) is 13.2 Å². The monoisotopic (exact) mass is 270 g/mol. The molecule has 0 unspecified atom stereocenters. The normalized spacial score (nSPS) is 14.7. The van der Waals surface area contributed by atoms with Crippen molar-refractivity contribution in [2.45, 2.75) is 6.18 Å². The quantitative estimate of drug-likeness (QED) is 0.772. The molecule has 2 N–H and O–H groups in total. The number of hydrogen-bond donors (Lipinski definition) is 2. The number of aromatic nitrogens is 1. The van der Waals surface area contributed by atoms with E-state index in [1.54, 1.807) is 6.07 Å². The van der Waals surface area contributed by atoms with Crippen molar-refractivity contribution >= 4 is 16.6 Å². The van der Waals surface area contributed by atoms with Crippen LogP contribution in [0.1, 0.15) is 5.56 Å². The Labute approximate surface area is 105 Å². The van der Waals surface area contributed by atoms with E-state index >= 15 is 0 Å². The largest absolute Gasteiger partial charge is 0.489 e. The zero-order chi connectivity index (χ0) is 13.6. The van der Waals surface area contributed by atoms with Crippen LogP contribution in [-0.2, 0) is 6.18 Å². The third-order valence-corrected chi connectivity index (χ3v) is 2.93. The fraction of sp³-hybridized carbons (Fsp3) is 0.250. The highest BCUT2D eigenvalue weighted by atomic mass is 19.4. The van der Waals surface area contributed by atoms with Gasteiger partial charge in [-0.05, 0) is 12.1 Å². The molecule has 0 atom stereocenters. The summed E-state index contributed by atoms with van der Waals surface area (Å²) in [6, 6.07) is 3.58. The number of nitrogens with one attached hydrogen (secondary N) is 2. The Hall–Kier alpha value is -2.18. The Balaban J connectivity index is 2.44. The van der Waals surface area contributed by atoms with E-state index < -0.39 is 17.3 Å². The molecule has 0 spiro atoms. The molecule has 1 aliphatic heterocycles. The van der Waals surface area contributed by atoms with Gasteiger partial charge in [0.05, 0.1) is 22.2 Å². The molecule has 0 amide bonds. The number of aromatic amines is 1. The third-order valence-electron chi connectivity index (χ3n) is 2.93. The van der Waals surface area contributed by atoms with E-state index in [9.17, 15) is 18.0 Å². The topological polar surface area (TPSA) is 54.1 Å². The number of rotatable bonds is 0. The van der Waals surface area contributed by atoms with Crippen LogP contribution in [-0.4, -0.2) is 18.1 Å². The molecule has 19 heavy (non-hydrogen) atoms. The SMILES string of the molecule is O=c1cc(C(F)(F)F)c2c3c(ccc2[nH]1)NCCO3. The Kier molecular flexibility index (Phi) is 2.44. The zero-order valence-corrected chi connectivity index (χ0v) is 9.60. The average Bonchev–Trinajstić information content (AvgIpc) is 2.36. The van der Waals surface area contributed by atoms with E-state index in [-0.39, 0.29) is 23.3 Å². The third kappa shape index (κ3) is 1.91. The van der Waals surface area contributed by atoms with Gasteiger partial charge in [-0.25, -0.2) is 0 Å². The lowest BCUT2D eigenvalue weighted by Crippen LogP contribution is -2.20. The lowest BCUT2D eigenvalue weighted by molar-refractivity contribution is -0.136. The lowest BCUT2D eigenvalue weighted by Gasteiger charge is -2.22. The van der Waals surface area contributed by atoms with Gasteiger partial charge in [-0.1, -0.05) is 0 Å². The van der Waals surface area contributed by atoms with Crippen LogP contribution < -0.4 is 15.6 Å². The summed E-state index contributed by atoms with van der Waals surface area (Å²) in [5, 5.41) is 2.85. The van der Waals surface area contributed by atoms with Gasteiger partial charge in [0.2, 0.25) is 5.56 Å². The van der Waals surface area contributed by atoms with Crippen molar-refractivity contribution in [3.8, 4) is 5.75 Å². The second kappa shape index (κ2) is 3.91. The van der Waals surface area contributed by atoms with Crippen molar-refractivity contribution in [2.75, 3.05) is 18.5 Å². The van der Waals surface area contributed by atoms with Gasteiger partial charge in [0.25, 0.3) is 0 Å². The van der Waals surface area contributed by atoms with Gasteiger partial charge >= 0.3 is 6.18 Å². The van der Waals surface area contributed by atoms with Gasteiger partial charge in [-0.15, -0.1) is 0 Å². The van der Waals surface area contributed by atoms with Crippen LogP contribution in [0.5, 0.6) is 5.75 Å². The summed E-state index contributed by atoms with van der Waals surface area (Å²) < 4.78 is 44.4. The van der Waals surface area contributed by atoms with Gasteiger partial charge in [0.1, 0.15) is 6.61 Å². The van der Waals surface area contributed by atoms with Gasteiger partial charge in [-0.3, -0.25) is 4.79 Å². The number of ether oxygens (including phenoxy) is 1. The summed E-state index contributed by atoms with van der Waals surface area (Å²) in [5.74, 6) is 0.132. The molecule has 0 bridgehead atoms. The van der Waals surface area contributed by atoms with Crippen molar-refractivity contribution in [1.29, 1.82) is 0 Å². The van der Waals surface area contributed by atoms with Crippen LogP contribution in [0.2, 0.25) is 0 Å². The van der Waals surface area contributed by atoms with Crippen molar-refractivity contribution in [1.82, 2.24) is 4.98 Å². The molecule has 0 saturated heterocycles. The number of fused-ring (bicyclic) bond motifs is 3. The highest BCUT2D eigenvalue weighted by Gasteiger charge is 2.35. The van der Waals surface area contributed by atoms with E-state index in [4.69, 9.17) is 4.74 Å². The van der Waals surface area contributed by atoms with Crippen LogP contribution in [0.25, 0.3) is 10.9 Å². The van der Waals surface area contributed by atoms with Gasteiger partial charge < -0.3 is 15.0 Å². The molecule has 2 aromatic rings. The Morgan fingerprint density at radius 1 is 1.26 bits per heavy atom. The second-order valence-electron chi connectivity index (χ2n) is 4.19. The molecular formula is C12H9F3N2O2. The minimum Gasteiger partial charge on any atom is -0.489 e. The molecule has 0 saturated carbocycles. The van der Waals surface area contributed by atoms with E-state index in [2.05, 4.69) is 10.3 Å². The minimum atomic E-state index is -4.61. The van der Waals surface area contributed by atoms with Crippen LogP contribution in [0.15, 0.2) is 23.0 Å². The Bertz CT molecular complexity index is 706. The zero-order valence-electron chi connectivity index (χ0n) is 9.60. The standard InChI is InChI=1S/C12H9F3N2O2/c13-12(14,15)6-5-9(18)17-7-1-2-8-11(10(6)7)19-4-3-16-8/h1-2,5,16H,3-4H2,(H,17,18). The van der Waals surface area contributed by atoms with E-state index in [0.717, 1.165) is 0 Å². The molecule has 7 heteroatoms. The molecule has 1 aromatic carbocycles. The highest BCUT2D eigenvalue weighted by molar-refractivity contribution is 5.94. The lowest BCUT2D eigenvalue weighted by atomic mass is 10.1. The number of H-pyrrole nitrogens is 1. The molecular weight excluding hydrogens is 261 g/mol. The number of anilines is 1. The summed E-state index contributed by atoms with van der Waals surface area (Å²) in [7, 11) is 0. The van der Waals surface area contributed by atoms with Gasteiger partial charge in [0, 0.05) is 12.6 Å². The summed E-state index contributed by atoms with van der Waals surface area (Å²) in [5.41, 5.74) is -1.16. The molecule has 0 radical (unpaired) electrons. The molecule has 2 heterocycles. The van der Waals surface area contributed by atoms with Crippen molar-refractivity contribution in [3.63, 3.8) is 0 Å². The average molecular weight is 270 g/mol. The minimum absolute atomic E-state index is 0.113. The van der Waals surface area contributed by atoms with Crippen LogP contribution in [0, 0.1) is 0 Å². The van der Waals surface area contributed by atoms with E-state index in [1.807, 2.05) is 0 Å². The predicted molar refractivity (Wildman–Crippen MR) is 63.6 cm³/mol. The number of hydrogen-bond acceptors (Lipinski definition) is 3. The first kappa shape index (κ1) is 11.9. The molecule has 0 fully saturated rings. The molecule has 0 aliphatic carbocycles. The smallest absolute Gasteiger partial charge is 0.417 e. The summed E-state index contributed by atoms with van der Waals surface area (Å²) in [4.78, 5) is 13.7. The molecule has 4 nitrogen and oxygen atoms in total. The fourth-order valence-corrected chi connectivity index (χ4v) is 2.18. The second-order valence-corrected chi connectivity index (χ2v) is 4.19. The first-order valence-electron chi connectivity index (χ1n) is 5.61. The molecule has 100 valence electrons. The Morgan fingerprint density at radius 3 is 2.79 bits per heavy atom. The molecule has 1 aliphatic rings. The van der Waals surface area contributed by atoms with Crippen LogP contribution in [0.3, 0.4) is 0 Å². The van der Waals surface area contributed by atoms with Gasteiger partial charge in [0.15, 0.2) is 5.75 Å². The maximum absolute atomic E-state index is 13.0.